The molecule has 1 heterocycles. The predicted octanol–water partition coefficient (Wildman–Crippen LogP) is 0.541. The van der Waals surface area contributed by atoms with E-state index in [9.17, 15) is 20.4 Å². The third kappa shape index (κ3) is 3.82. The summed E-state index contributed by atoms with van der Waals surface area (Å²) in [4.78, 5) is 0. The third-order valence-electron chi connectivity index (χ3n) is 4.36. The predicted molar refractivity (Wildman–Crippen MR) is 92.8 cm³/mol. The van der Waals surface area contributed by atoms with Crippen LogP contribution >= 0.6 is 0 Å². The molecule has 5 atom stereocenters. The molecule has 0 amide bonds. The van der Waals surface area contributed by atoms with Crippen molar-refractivity contribution in [1.29, 1.82) is 0 Å². The van der Waals surface area contributed by atoms with Crippen molar-refractivity contribution in [2.24, 2.45) is 0 Å². The molecule has 3 rings (SSSR count). The van der Waals surface area contributed by atoms with Gasteiger partial charge >= 0.3 is 0 Å². The molecular formula is C19H22O7. The molecule has 0 spiro atoms. The number of hydrogen-bond donors (Lipinski definition) is 4. The summed E-state index contributed by atoms with van der Waals surface area (Å²) < 4.78 is 16.1. The van der Waals surface area contributed by atoms with Crippen LogP contribution in [0.5, 0.6) is 11.5 Å². The Balaban J connectivity index is 1.72. The van der Waals surface area contributed by atoms with Crippen molar-refractivity contribution >= 4 is 0 Å². The Morgan fingerprint density at radius 2 is 1.62 bits per heavy atom. The molecule has 0 saturated carbocycles. The van der Waals surface area contributed by atoms with Crippen molar-refractivity contribution in [1.82, 2.24) is 0 Å². The Morgan fingerprint density at radius 1 is 0.885 bits per heavy atom. The average molecular weight is 362 g/mol. The highest BCUT2D eigenvalue weighted by molar-refractivity contribution is 5.65. The third-order valence-corrected chi connectivity index (χ3v) is 4.36. The smallest absolute Gasteiger partial charge is 0.229 e. The van der Waals surface area contributed by atoms with E-state index in [4.69, 9.17) is 14.2 Å². The minimum atomic E-state index is -1.47. The lowest BCUT2D eigenvalue weighted by molar-refractivity contribution is -0.277. The second-order valence-corrected chi connectivity index (χ2v) is 6.07. The molecule has 7 heteroatoms. The number of methoxy groups -OCH3 is 1. The van der Waals surface area contributed by atoms with Gasteiger partial charge < -0.3 is 34.6 Å². The summed E-state index contributed by atoms with van der Waals surface area (Å²) in [6.07, 6.45) is -6.53. The van der Waals surface area contributed by atoms with E-state index in [1.54, 1.807) is 19.2 Å². The van der Waals surface area contributed by atoms with Crippen molar-refractivity contribution < 1.29 is 34.6 Å². The van der Waals surface area contributed by atoms with Crippen molar-refractivity contribution in [3.63, 3.8) is 0 Å². The zero-order valence-corrected chi connectivity index (χ0v) is 14.2. The van der Waals surface area contributed by atoms with Crippen LogP contribution in [-0.2, 0) is 4.74 Å². The van der Waals surface area contributed by atoms with E-state index in [0.29, 0.717) is 5.75 Å². The van der Waals surface area contributed by atoms with Crippen molar-refractivity contribution in [2.45, 2.75) is 30.7 Å². The van der Waals surface area contributed by atoms with Gasteiger partial charge in [-0.05, 0) is 35.4 Å². The molecule has 0 radical (unpaired) electrons. The normalized spacial score (nSPS) is 28.6. The van der Waals surface area contributed by atoms with Gasteiger partial charge in [0.1, 0.15) is 35.9 Å². The molecule has 0 bridgehead atoms. The second-order valence-electron chi connectivity index (χ2n) is 6.07. The highest BCUT2D eigenvalue weighted by Gasteiger charge is 2.44. The lowest BCUT2D eigenvalue weighted by Crippen LogP contribution is -2.60. The number of aliphatic hydroxyl groups is 4. The maximum atomic E-state index is 10.0. The van der Waals surface area contributed by atoms with E-state index < -0.39 is 37.3 Å². The van der Waals surface area contributed by atoms with Gasteiger partial charge in [0.25, 0.3) is 0 Å². The summed E-state index contributed by atoms with van der Waals surface area (Å²) in [5.41, 5.74) is 1.92. The van der Waals surface area contributed by atoms with Gasteiger partial charge in [-0.25, -0.2) is 0 Å². The Hall–Kier alpha value is -2.16. The fraction of sp³-hybridized carbons (Fsp3) is 0.368. The molecular weight excluding hydrogens is 340 g/mol. The Labute approximate surface area is 151 Å². The van der Waals surface area contributed by atoms with Gasteiger partial charge in [-0.2, -0.15) is 0 Å². The molecule has 1 aliphatic rings. The quantitative estimate of drug-likeness (QED) is 0.615. The highest BCUT2D eigenvalue weighted by atomic mass is 16.7. The second kappa shape index (κ2) is 8.03. The van der Waals surface area contributed by atoms with Crippen LogP contribution in [-0.4, -0.2) is 64.8 Å². The lowest BCUT2D eigenvalue weighted by atomic mass is 9.99. The van der Waals surface area contributed by atoms with Gasteiger partial charge in [-0.15, -0.1) is 0 Å². The van der Waals surface area contributed by atoms with Gasteiger partial charge in [0.15, 0.2) is 0 Å². The monoisotopic (exact) mass is 362 g/mol. The molecule has 7 nitrogen and oxygen atoms in total. The molecule has 1 saturated heterocycles. The maximum absolute atomic E-state index is 10.0. The molecule has 0 aliphatic carbocycles. The van der Waals surface area contributed by atoms with Crippen LogP contribution in [0.4, 0.5) is 0 Å². The number of benzene rings is 2. The number of rotatable bonds is 5. The minimum absolute atomic E-state index is 0.418. The fourth-order valence-electron chi connectivity index (χ4n) is 2.83. The minimum Gasteiger partial charge on any atom is -0.497 e. The maximum Gasteiger partial charge on any atom is 0.229 e. The van der Waals surface area contributed by atoms with E-state index in [1.807, 2.05) is 36.4 Å². The first-order valence-corrected chi connectivity index (χ1v) is 8.25. The molecule has 26 heavy (non-hydrogen) atoms. The van der Waals surface area contributed by atoms with Crippen LogP contribution in [0.1, 0.15) is 0 Å². The first-order valence-electron chi connectivity index (χ1n) is 8.25. The van der Waals surface area contributed by atoms with E-state index in [-0.39, 0.29) is 0 Å². The van der Waals surface area contributed by atoms with E-state index in [2.05, 4.69) is 0 Å². The van der Waals surface area contributed by atoms with Gasteiger partial charge in [-0.3, -0.25) is 0 Å². The lowest BCUT2D eigenvalue weighted by Gasteiger charge is -2.39. The zero-order chi connectivity index (χ0) is 18.7. The summed E-state index contributed by atoms with van der Waals surface area (Å²) in [5.74, 6) is 1.17. The Morgan fingerprint density at radius 3 is 2.27 bits per heavy atom. The summed E-state index contributed by atoms with van der Waals surface area (Å²) in [6, 6.07) is 14.7. The van der Waals surface area contributed by atoms with E-state index in [1.165, 1.54) is 0 Å². The Bertz CT molecular complexity index is 716. The molecule has 0 aromatic heterocycles. The van der Waals surface area contributed by atoms with Crippen LogP contribution in [0.2, 0.25) is 0 Å². The topological polar surface area (TPSA) is 109 Å². The van der Waals surface area contributed by atoms with Crippen LogP contribution in [0.25, 0.3) is 11.1 Å². The van der Waals surface area contributed by atoms with Crippen LogP contribution in [0, 0.1) is 0 Å². The van der Waals surface area contributed by atoms with Crippen molar-refractivity contribution in [2.75, 3.05) is 13.7 Å². The van der Waals surface area contributed by atoms with Gasteiger partial charge in [0.2, 0.25) is 6.29 Å². The van der Waals surface area contributed by atoms with Gasteiger partial charge in [0, 0.05) is 0 Å². The van der Waals surface area contributed by atoms with Crippen LogP contribution < -0.4 is 9.47 Å². The standard InChI is InChI=1S/C19H22O7/c1-24-14-4-2-3-12(9-14)11-5-7-13(8-6-11)25-19-18(23)17(22)16(21)15(10-20)26-19/h2-9,15-23H,10H2,1H3/t15-,16-,17+,18+,19+/m1/s1. The Kier molecular flexibility index (Phi) is 5.75. The van der Waals surface area contributed by atoms with E-state index in [0.717, 1.165) is 16.9 Å². The van der Waals surface area contributed by atoms with E-state index >= 15 is 0 Å². The van der Waals surface area contributed by atoms with Crippen molar-refractivity contribution in [3.8, 4) is 22.6 Å². The number of aliphatic hydroxyl groups excluding tert-OH is 4. The first kappa shape index (κ1) is 18.6. The largest absolute Gasteiger partial charge is 0.497 e. The summed E-state index contributed by atoms with van der Waals surface area (Å²) in [6.45, 7) is -0.500. The molecule has 2 aromatic rings. The number of ether oxygens (including phenoxy) is 3. The van der Waals surface area contributed by atoms with Gasteiger partial charge in [-0.1, -0.05) is 24.3 Å². The molecule has 1 fully saturated rings. The first-order chi connectivity index (χ1) is 12.5. The number of hydrogen-bond acceptors (Lipinski definition) is 7. The van der Waals surface area contributed by atoms with Gasteiger partial charge in [0.05, 0.1) is 13.7 Å². The summed E-state index contributed by atoms with van der Waals surface area (Å²) >= 11 is 0. The van der Waals surface area contributed by atoms with Crippen LogP contribution in [0.15, 0.2) is 48.5 Å². The van der Waals surface area contributed by atoms with Crippen molar-refractivity contribution in [3.05, 3.63) is 48.5 Å². The fourth-order valence-corrected chi connectivity index (χ4v) is 2.83. The average Bonchev–Trinajstić information content (AvgIpc) is 2.69. The zero-order valence-electron chi connectivity index (χ0n) is 14.2. The SMILES string of the molecule is COc1cccc(-c2ccc(O[C@H]3O[C@H](CO)[C@@H](O)[C@H](O)[C@@H]3O)cc2)c1. The molecule has 140 valence electrons. The van der Waals surface area contributed by atoms with Crippen LogP contribution in [0.3, 0.4) is 0 Å². The summed E-state index contributed by atoms with van der Waals surface area (Å²) in [7, 11) is 1.61. The molecule has 4 N–H and O–H groups in total. The summed E-state index contributed by atoms with van der Waals surface area (Å²) in [5, 5.41) is 38.8. The molecule has 2 aromatic carbocycles. The molecule has 0 unspecified atom stereocenters. The highest BCUT2D eigenvalue weighted by Crippen LogP contribution is 2.28. The molecule has 1 aliphatic heterocycles.